The fourth-order valence-electron chi connectivity index (χ4n) is 8.69. The fraction of sp³-hybridized carbons (Fsp3) is 0.611. The molecule has 3 aliphatic heterocycles. The molecule has 0 aliphatic carbocycles. The van der Waals surface area contributed by atoms with Gasteiger partial charge in [-0.15, -0.1) is 0 Å². The van der Waals surface area contributed by atoms with Crippen LogP contribution in [0.1, 0.15) is 72.6 Å². The highest BCUT2D eigenvalue weighted by Crippen LogP contribution is 2.36. The molecule has 3 heterocycles. The Kier molecular flexibility index (Phi) is 26.8. The molecule has 0 unspecified atom stereocenters. The van der Waals surface area contributed by atoms with Crippen molar-refractivity contribution in [2.24, 2.45) is 0 Å². The molecule has 418 valence electrons. The summed E-state index contributed by atoms with van der Waals surface area (Å²) in [5.74, 6) is -0.534. The smallest absolute Gasteiger partial charge is 0.244 e. The second-order valence-corrected chi connectivity index (χ2v) is 19.8. The number of aliphatic hydroxyl groups is 15. The molecule has 16 N–H and O–H groups in total. The summed E-state index contributed by atoms with van der Waals surface area (Å²) < 4.78 is 17.4. The van der Waals surface area contributed by atoms with Crippen LogP contribution in [0.5, 0.6) is 0 Å². The first kappa shape index (κ1) is 64.4. The van der Waals surface area contributed by atoms with E-state index >= 15 is 0 Å². The summed E-state index contributed by atoms with van der Waals surface area (Å²) in [6, 6.07) is 0. The van der Waals surface area contributed by atoms with Crippen LogP contribution in [0.4, 0.5) is 0 Å². The number of carbonyl (C=O) groups is 1. The monoisotopic (exact) mass is 1050 g/mol. The van der Waals surface area contributed by atoms with Crippen molar-refractivity contribution in [2.45, 2.75) is 194 Å². The number of aliphatic hydroxyl groups excluding tert-OH is 15. The van der Waals surface area contributed by atoms with Gasteiger partial charge in [-0.1, -0.05) is 103 Å². The lowest BCUT2D eigenvalue weighted by atomic mass is 9.83. The molecule has 3 rings (SSSR count). The summed E-state index contributed by atoms with van der Waals surface area (Å²) in [4.78, 5) is 12.3. The second-order valence-electron chi connectivity index (χ2n) is 19.8. The van der Waals surface area contributed by atoms with Crippen LogP contribution in [0.3, 0.4) is 0 Å². The summed E-state index contributed by atoms with van der Waals surface area (Å²) in [6.07, 6.45) is -9.40. The van der Waals surface area contributed by atoms with E-state index in [1.807, 2.05) is 25.2 Å². The number of carbonyl (C=O) groups excluding carboxylic acids is 1. The highest BCUT2D eigenvalue weighted by Gasteiger charge is 2.54. The molecule has 3 aliphatic rings. The van der Waals surface area contributed by atoms with Gasteiger partial charge in [0.15, 0.2) is 0 Å². The number of hydrogen-bond acceptors (Lipinski definition) is 19. The SMILES string of the molecule is C=CC(=C)CC(=C)/C(C)=C/CC/C=C/C=C(\C)C[C@@H]1O[C@@H]([C@@H](O)[C@@H](O)[C@@H](O)/C(C)=C/C=C/CNC(=O)/C=C/C=C/[C@@H](O)C[C@@H](O)[C@H](O)C[C@H]2O[C@H]([C@H]3C[C@H](O)[C@H](O)[C@@](C)(CO)O3)[C@H](O)[C@@H](O)[C@@H]2O)[C@@H](O)[C@H](O)[C@H]1O. The van der Waals surface area contributed by atoms with E-state index in [1.54, 1.807) is 13.0 Å². The Bertz CT molecular complexity index is 2030. The first-order valence-corrected chi connectivity index (χ1v) is 24.8. The molecule has 3 fully saturated rings. The molecule has 20 nitrogen and oxygen atoms in total. The van der Waals surface area contributed by atoms with Gasteiger partial charge in [-0.05, 0) is 64.5 Å². The zero-order valence-corrected chi connectivity index (χ0v) is 42.7. The van der Waals surface area contributed by atoms with Gasteiger partial charge in [-0.3, -0.25) is 4.79 Å². The molecule has 0 spiro atoms. The third-order valence-electron chi connectivity index (χ3n) is 13.6. The van der Waals surface area contributed by atoms with Crippen LogP contribution in [0.25, 0.3) is 0 Å². The molecule has 0 saturated carbocycles. The Morgan fingerprint density at radius 1 is 0.784 bits per heavy atom. The molecule has 0 aromatic rings. The molecule has 74 heavy (non-hydrogen) atoms. The maximum atomic E-state index is 12.3. The van der Waals surface area contributed by atoms with E-state index in [1.165, 1.54) is 50.3 Å². The van der Waals surface area contributed by atoms with Crippen LogP contribution in [-0.4, -0.2) is 217 Å². The van der Waals surface area contributed by atoms with Gasteiger partial charge < -0.3 is 96.1 Å². The zero-order chi connectivity index (χ0) is 55.6. The van der Waals surface area contributed by atoms with E-state index in [2.05, 4.69) is 31.1 Å². The van der Waals surface area contributed by atoms with Gasteiger partial charge in [0.05, 0.1) is 49.3 Å². The molecule has 0 aromatic heterocycles. The summed E-state index contributed by atoms with van der Waals surface area (Å²) >= 11 is 0. The van der Waals surface area contributed by atoms with Crippen LogP contribution in [0.2, 0.25) is 0 Å². The average Bonchev–Trinajstić information content (AvgIpc) is 3.36. The highest BCUT2D eigenvalue weighted by atomic mass is 16.6. The topological polar surface area (TPSA) is 360 Å². The first-order valence-electron chi connectivity index (χ1n) is 24.8. The van der Waals surface area contributed by atoms with Crippen molar-refractivity contribution in [3.05, 3.63) is 121 Å². The van der Waals surface area contributed by atoms with Crippen LogP contribution >= 0.6 is 0 Å². The molecule has 0 radical (unpaired) electrons. The van der Waals surface area contributed by atoms with Gasteiger partial charge in [0, 0.05) is 31.9 Å². The number of unbranched alkanes of at least 4 members (excludes halogenated alkanes) is 1. The lowest BCUT2D eigenvalue weighted by Gasteiger charge is -2.50. The average molecular weight is 1050 g/mol. The van der Waals surface area contributed by atoms with Crippen molar-refractivity contribution in [1.29, 1.82) is 0 Å². The maximum absolute atomic E-state index is 12.3. The fourth-order valence-corrected chi connectivity index (χ4v) is 8.69. The number of rotatable bonds is 27. The van der Waals surface area contributed by atoms with Crippen LogP contribution in [0, 0.1) is 0 Å². The van der Waals surface area contributed by atoms with Crippen molar-refractivity contribution < 1.29 is 95.6 Å². The third kappa shape index (κ3) is 18.7. The Hall–Kier alpha value is -3.85. The normalized spacial score (nSPS) is 34.2. The number of amides is 1. The van der Waals surface area contributed by atoms with E-state index < -0.39 is 147 Å². The molecule has 3 saturated heterocycles. The van der Waals surface area contributed by atoms with Gasteiger partial charge in [0.25, 0.3) is 0 Å². The maximum Gasteiger partial charge on any atom is 0.244 e. The van der Waals surface area contributed by atoms with Gasteiger partial charge >= 0.3 is 0 Å². The summed E-state index contributed by atoms with van der Waals surface area (Å²) in [5, 5.41) is 161. The molecule has 20 atom stereocenters. The Morgan fingerprint density at radius 2 is 1.43 bits per heavy atom. The van der Waals surface area contributed by atoms with E-state index in [-0.39, 0.29) is 25.0 Å². The quantitative estimate of drug-likeness (QED) is 0.0265. The van der Waals surface area contributed by atoms with E-state index in [0.717, 1.165) is 41.2 Å². The molecular formula is C54H83NO19. The van der Waals surface area contributed by atoms with Crippen molar-refractivity contribution in [2.75, 3.05) is 13.2 Å². The molecule has 1 amide bonds. The minimum absolute atomic E-state index is 0.0241. The minimum atomic E-state index is -1.89. The lowest BCUT2D eigenvalue weighted by molar-refractivity contribution is -0.299. The van der Waals surface area contributed by atoms with Crippen LogP contribution < -0.4 is 5.32 Å². The molecule has 20 heteroatoms. The van der Waals surface area contributed by atoms with Crippen LogP contribution in [-0.2, 0) is 19.0 Å². The molecule has 0 aromatic carbocycles. The van der Waals surface area contributed by atoms with Gasteiger partial charge in [-0.2, -0.15) is 0 Å². The Balaban J connectivity index is 1.44. The summed E-state index contributed by atoms with van der Waals surface area (Å²) in [5.41, 5.74) is 2.28. The lowest BCUT2D eigenvalue weighted by Crippen LogP contribution is -2.66. The zero-order valence-electron chi connectivity index (χ0n) is 42.7. The minimum Gasteiger partial charge on any atom is -0.393 e. The summed E-state index contributed by atoms with van der Waals surface area (Å²) in [7, 11) is 0. The Labute approximate surface area is 433 Å². The van der Waals surface area contributed by atoms with Crippen molar-refractivity contribution in [3.63, 3.8) is 0 Å². The highest BCUT2D eigenvalue weighted by molar-refractivity contribution is 5.87. The van der Waals surface area contributed by atoms with Crippen molar-refractivity contribution in [1.82, 2.24) is 5.32 Å². The van der Waals surface area contributed by atoms with Crippen molar-refractivity contribution >= 4 is 5.91 Å². The Morgan fingerprint density at radius 3 is 2.09 bits per heavy atom. The summed E-state index contributed by atoms with van der Waals surface area (Å²) in [6.45, 7) is 17.7. The number of allylic oxidation sites excluding steroid dienone is 12. The number of hydrogen-bond donors (Lipinski definition) is 16. The van der Waals surface area contributed by atoms with Gasteiger partial charge in [-0.25, -0.2) is 0 Å². The van der Waals surface area contributed by atoms with E-state index in [0.29, 0.717) is 6.42 Å². The predicted octanol–water partition coefficient (Wildman–Crippen LogP) is -1.07. The number of ether oxygens (including phenoxy) is 3. The second kappa shape index (κ2) is 30.8. The third-order valence-corrected chi connectivity index (χ3v) is 13.6. The molecule has 0 bridgehead atoms. The molecular weight excluding hydrogens is 967 g/mol. The van der Waals surface area contributed by atoms with Gasteiger partial charge in [0.1, 0.15) is 78.8 Å². The van der Waals surface area contributed by atoms with E-state index in [4.69, 9.17) is 14.2 Å². The largest absolute Gasteiger partial charge is 0.393 e. The van der Waals surface area contributed by atoms with Crippen molar-refractivity contribution in [3.8, 4) is 0 Å². The first-order chi connectivity index (χ1) is 34.8. The number of nitrogens with one attached hydrogen (secondary N) is 1. The standard InChI is InChI=1S/C54H83NO19/c1-8-29(2)23-33(6)31(4)18-12-10-9-11-17-30(3)24-38-43(63)47(67)50(70)52(73-38)49(69)45(65)42(62)32(5)19-15-16-22-55-41(61)21-14-13-20-34(57)25-35(58)36(59)26-39-44(64)46(66)48(68)51(72-39)40-27-37(60)53(71)54(7,28-56)74-40/h8-9,11,13-21,34-40,42-53,56-60,62-71H,1-2,6,10,12,22-28H2,3-5,7H3,(H,55,61)/b11-9+,16-15+,20-13+,21-14+,30-17+,31-18+,32-19+/t34-,35-,36-,37+,38+,39-,40-,42+,43+,44-,45+,46+,47-,48-,49+,50+,51-,52+,53+,54-/m1/s1. The van der Waals surface area contributed by atoms with Crippen LogP contribution in [0.15, 0.2) is 121 Å². The predicted molar refractivity (Wildman–Crippen MR) is 273 cm³/mol. The van der Waals surface area contributed by atoms with E-state index in [9.17, 15) is 81.4 Å². The van der Waals surface area contributed by atoms with Gasteiger partial charge in [0.2, 0.25) is 5.91 Å².